The predicted octanol–water partition coefficient (Wildman–Crippen LogP) is 2.79. The molecule has 0 radical (unpaired) electrons. The van der Waals surface area contributed by atoms with Crippen LogP contribution in [-0.4, -0.2) is 38.1 Å². The Morgan fingerprint density at radius 3 is 2.70 bits per heavy atom. The van der Waals surface area contributed by atoms with E-state index in [2.05, 4.69) is 4.74 Å². The van der Waals surface area contributed by atoms with Crippen LogP contribution in [0, 0.1) is 0 Å². The number of carbonyl (C=O) groups is 1. The summed E-state index contributed by atoms with van der Waals surface area (Å²) >= 11 is 0. The van der Waals surface area contributed by atoms with Gasteiger partial charge in [0.15, 0.2) is 11.5 Å². The van der Waals surface area contributed by atoms with Crippen LogP contribution in [0.1, 0.15) is 12.5 Å². The molecule has 1 amide bonds. The average molecular weight is 285 g/mol. The fraction of sp³-hybridized carbons (Fsp3) is 0.357. The number of methoxy groups -OCH3 is 1. The smallest absolute Gasteiger partial charge is 0.387 e. The van der Waals surface area contributed by atoms with E-state index in [9.17, 15) is 13.6 Å². The molecule has 1 rings (SSSR count). The van der Waals surface area contributed by atoms with E-state index in [1.807, 2.05) is 6.92 Å². The Morgan fingerprint density at radius 1 is 1.45 bits per heavy atom. The van der Waals surface area contributed by atoms with Gasteiger partial charge in [-0.15, -0.1) is 0 Å². The molecule has 0 N–H and O–H groups in total. The Bertz CT molecular complexity index is 489. The Labute approximate surface area is 116 Å². The average Bonchev–Trinajstić information content (AvgIpc) is 2.44. The van der Waals surface area contributed by atoms with Crippen LogP contribution in [0.5, 0.6) is 11.5 Å². The highest BCUT2D eigenvalue weighted by atomic mass is 19.3. The number of likely N-dealkylation sites (N-methyl/N-ethyl adjacent to an activating group) is 1. The fourth-order valence-corrected chi connectivity index (χ4v) is 1.48. The Hall–Kier alpha value is -2.11. The molecule has 1 aromatic rings. The van der Waals surface area contributed by atoms with E-state index in [4.69, 9.17) is 4.74 Å². The van der Waals surface area contributed by atoms with Crippen LogP contribution in [0.2, 0.25) is 0 Å². The summed E-state index contributed by atoms with van der Waals surface area (Å²) in [6, 6.07) is 4.70. The third kappa shape index (κ3) is 4.22. The Morgan fingerprint density at radius 2 is 2.15 bits per heavy atom. The van der Waals surface area contributed by atoms with Crippen molar-refractivity contribution in [3.8, 4) is 11.5 Å². The number of nitrogens with zero attached hydrogens (tertiary/aromatic N) is 1. The zero-order valence-corrected chi connectivity index (χ0v) is 11.6. The molecule has 0 saturated carbocycles. The summed E-state index contributed by atoms with van der Waals surface area (Å²) in [5.41, 5.74) is 0.350. The second-order valence-electron chi connectivity index (χ2n) is 3.94. The van der Waals surface area contributed by atoms with Gasteiger partial charge in [0, 0.05) is 25.2 Å². The third-order valence-electron chi connectivity index (χ3n) is 2.69. The molecule has 0 heterocycles. The summed E-state index contributed by atoms with van der Waals surface area (Å²) in [4.78, 5) is 13.1. The maximum atomic E-state index is 12.4. The van der Waals surface area contributed by atoms with Crippen molar-refractivity contribution in [1.82, 2.24) is 4.90 Å². The van der Waals surface area contributed by atoms with E-state index >= 15 is 0 Å². The van der Waals surface area contributed by atoms with Gasteiger partial charge < -0.3 is 14.4 Å². The molecule has 0 atom stereocenters. The maximum absolute atomic E-state index is 12.4. The monoisotopic (exact) mass is 285 g/mol. The molecule has 0 bridgehead atoms. The zero-order valence-electron chi connectivity index (χ0n) is 11.6. The minimum atomic E-state index is -2.97. The number of rotatable bonds is 6. The largest absolute Gasteiger partial charge is 0.493 e. The van der Waals surface area contributed by atoms with Crippen LogP contribution >= 0.6 is 0 Å². The van der Waals surface area contributed by atoms with Crippen LogP contribution in [0.25, 0.3) is 6.08 Å². The van der Waals surface area contributed by atoms with Gasteiger partial charge in [-0.05, 0) is 19.1 Å². The molecular weight excluding hydrogens is 268 g/mol. The second kappa shape index (κ2) is 7.47. The number of hydrogen-bond donors (Lipinski definition) is 0. The molecule has 0 aromatic heterocycles. The van der Waals surface area contributed by atoms with E-state index in [1.54, 1.807) is 19.2 Å². The van der Waals surface area contributed by atoms with Crippen molar-refractivity contribution in [3.05, 3.63) is 29.8 Å². The molecule has 6 heteroatoms. The van der Waals surface area contributed by atoms with Gasteiger partial charge in [-0.1, -0.05) is 12.1 Å². The van der Waals surface area contributed by atoms with Crippen molar-refractivity contribution in [1.29, 1.82) is 0 Å². The molecule has 0 fully saturated rings. The van der Waals surface area contributed by atoms with Crippen molar-refractivity contribution < 1.29 is 23.0 Å². The quantitative estimate of drug-likeness (QED) is 0.754. The van der Waals surface area contributed by atoms with Crippen molar-refractivity contribution in [2.75, 3.05) is 20.7 Å². The van der Waals surface area contributed by atoms with Gasteiger partial charge in [0.25, 0.3) is 0 Å². The van der Waals surface area contributed by atoms with Gasteiger partial charge in [-0.3, -0.25) is 4.79 Å². The highest BCUT2D eigenvalue weighted by Crippen LogP contribution is 2.33. The van der Waals surface area contributed by atoms with Crippen molar-refractivity contribution in [2.24, 2.45) is 0 Å². The molecule has 20 heavy (non-hydrogen) atoms. The topological polar surface area (TPSA) is 38.8 Å². The first-order valence-electron chi connectivity index (χ1n) is 6.04. The van der Waals surface area contributed by atoms with Gasteiger partial charge in [0.05, 0.1) is 7.11 Å². The number of alkyl halides is 2. The Balaban J connectivity index is 3.05. The van der Waals surface area contributed by atoms with E-state index in [1.165, 1.54) is 30.2 Å². The lowest BCUT2D eigenvalue weighted by molar-refractivity contribution is -0.124. The Kier molecular flexibility index (Phi) is 5.96. The number of hydrogen-bond acceptors (Lipinski definition) is 3. The van der Waals surface area contributed by atoms with Gasteiger partial charge in [-0.25, -0.2) is 0 Å². The van der Waals surface area contributed by atoms with E-state index in [0.29, 0.717) is 12.1 Å². The number of halogens is 2. The minimum absolute atomic E-state index is 0.0896. The highest BCUT2D eigenvalue weighted by Gasteiger charge is 2.14. The molecule has 110 valence electrons. The number of para-hydroxylation sites is 1. The van der Waals surface area contributed by atoms with Crippen LogP contribution in [0.4, 0.5) is 8.78 Å². The molecule has 0 aliphatic heterocycles. The first kappa shape index (κ1) is 15.9. The SMILES string of the molecule is CCN(C)C(=O)/C=C\c1cccc(OC)c1OC(F)F. The van der Waals surface area contributed by atoms with Gasteiger partial charge >= 0.3 is 6.61 Å². The van der Waals surface area contributed by atoms with Gasteiger partial charge in [0.1, 0.15) is 0 Å². The molecule has 4 nitrogen and oxygen atoms in total. The lowest BCUT2D eigenvalue weighted by atomic mass is 10.1. The predicted molar refractivity (Wildman–Crippen MR) is 72.0 cm³/mol. The third-order valence-corrected chi connectivity index (χ3v) is 2.69. The van der Waals surface area contributed by atoms with E-state index < -0.39 is 6.61 Å². The summed E-state index contributed by atoms with van der Waals surface area (Å²) in [7, 11) is 3.01. The van der Waals surface area contributed by atoms with Crippen LogP contribution in [-0.2, 0) is 4.79 Å². The fourth-order valence-electron chi connectivity index (χ4n) is 1.48. The standard InChI is InChI=1S/C14H17F2NO3/c1-4-17(2)12(18)9-8-10-6-5-7-11(19-3)13(10)20-14(15)16/h5-9,14H,4H2,1-3H3/b9-8-. The van der Waals surface area contributed by atoms with Crippen molar-refractivity contribution >= 4 is 12.0 Å². The summed E-state index contributed by atoms with van der Waals surface area (Å²) < 4.78 is 34.3. The van der Waals surface area contributed by atoms with E-state index in [0.717, 1.165) is 0 Å². The first-order chi connectivity index (χ1) is 9.49. The first-order valence-corrected chi connectivity index (χ1v) is 6.04. The molecular formula is C14H17F2NO3. The van der Waals surface area contributed by atoms with Crippen molar-refractivity contribution in [2.45, 2.75) is 13.5 Å². The normalized spacial score (nSPS) is 10.9. The zero-order chi connectivity index (χ0) is 15.1. The lowest BCUT2D eigenvalue weighted by Gasteiger charge is -2.13. The molecule has 0 spiro atoms. The summed E-state index contributed by atoms with van der Waals surface area (Å²) in [6.45, 7) is -0.572. The number of carbonyl (C=O) groups excluding carboxylic acids is 1. The van der Waals surface area contributed by atoms with Crippen LogP contribution in [0.3, 0.4) is 0 Å². The molecule has 0 unspecified atom stereocenters. The number of ether oxygens (including phenoxy) is 2. The summed E-state index contributed by atoms with van der Waals surface area (Å²) in [6.07, 6.45) is 2.73. The second-order valence-corrected chi connectivity index (χ2v) is 3.94. The highest BCUT2D eigenvalue weighted by molar-refractivity contribution is 5.92. The number of benzene rings is 1. The summed E-state index contributed by atoms with van der Waals surface area (Å²) in [5.74, 6) is -0.129. The molecule has 0 aliphatic carbocycles. The van der Waals surface area contributed by atoms with Crippen LogP contribution in [0.15, 0.2) is 24.3 Å². The maximum Gasteiger partial charge on any atom is 0.387 e. The lowest BCUT2D eigenvalue weighted by Crippen LogP contribution is -2.23. The van der Waals surface area contributed by atoms with Gasteiger partial charge in [-0.2, -0.15) is 8.78 Å². The van der Waals surface area contributed by atoms with Crippen molar-refractivity contribution in [3.63, 3.8) is 0 Å². The molecule has 1 aromatic carbocycles. The molecule has 0 aliphatic rings. The molecule has 0 saturated heterocycles. The van der Waals surface area contributed by atoms with Gasteiger partial charge in [0.2, 0.25) is 5.91 Å². The van der Waals surface area contributed by atoms with E-state index in [-0.39, 0.29) is 17.4 Å². The summed E-state index contributed by atoms with van der Waals surface area (Å²) in [5, 5.41) is 0. The van der Waals surface area contributed by atoms with Crippen LogP contribution < -0.4 is 9.47 Å². The minimum Gasteiger partial charge on any atom is -0.493 e. The number of amides is 1.